The number of amidine groups is 1. The second kappa shape index (κ2) is 10.8. The van der Waals surface area contributed by atoms with Crippen molar-refractivity contribution in [2.45, 2.75) is 18.1 Å². The van der Waals surface area contributed by atoms with Gasteiger partial charge in [0.2, 0.25) is 11.8 Å². The molecule has 9 heteroatoms. The molecular weight excluding hydrogens is 480 g/mol. The Morgan fingerprint density at radius 3 is 2.59 bits per heavy atom. The summed E-state index contributed by atoms with van der Waals surface area (Å²) in [5.74, 6) is -1.56. The first-order chi connectivity index (χ1) is 16.4. The summed E-state index contributed by atoms with van der Waals surface area (Å²) in [6.45, 7) is 0.257. The van der Waals surface area contributed by atoms with Gasteiger partial charge in [0.15, 0.2) is 5.17 Å². The SMILES string of the molecule is O=C(Nc1cccc(Cl)c1)[C@@H]1CC(=O)N(CCc2ccc(F)cc2)C(=Nc2ccccc2F)S1. The van der Waals surface area contributed by atoms with Crippen molar-refractivity contribution in [3.8, 4) is 0 Å². The number of amides is 2. The summed E-state index contributed by atoms with van der Waals surface area (Å²) in [5, 5.41) is 2.72. The average molecular weight is 500 g/mol. The molecule has 2 amide bonds. The second-order valence-corrected chi connectivity index (χ2v) is 9.18. The zero-order valence-electron chi connectivity index (χ0n) is 17.9. The predicted molar refractivity (Wildman–Crippen MR) is 131 cm³/mol. The molecule has 1 atom stereocenters. The van der Waals surface area contributed by atoms with Gasteiger partial charge in [0.25, 0.3) is 0 Å². The number of carbonyl (C=O) groups is 2. The lowest BCUT2D eigenvalue weighted by Gasteiger charge is -2.32. The third kappa shape index (κ3) is 6.01. The average Bonchev–Trinajstić information content (AvgIpc) is 2.81. The standard InChI is InChI=1S/C25H20ClF2N3O2S/c26-17-4-3-5-19(14-17)29-24(33)22-15-23(32)31(13-12-16-8-10-18(27)11-9-16)25(34-22)30-21-7-2-1-6-20(21)28/h1-11,14,22H,12-13,15H2,(H,29,33)/t22-/m0/s1. The molecule has 174 valence electrons. The van der Waals surface area contributed by atoms with Crippen molar-refractivity contribution >= 4 is 51.7 Å². The topological polar surface area (TPSA) is 61.8 Å². The Morgan fingerprint density at radius 2 is 1.85 bits per heavy atom. The minimum absolute atomic E-state index is 0.0449. The van der Waals surface area contributed by atoms with Crippen LogP contribution in [0.25, 0.3) is 0 Å². The first-order valence-electron chi connectivity index (χ1n) is 10.5. The van der Waals surface area contributed by atoms with Gasteiger partial charge < -0.3 is 5.32 Å². The van der Waals surface area contributed by atoms with Crippen LogP contribution in [0, 0.1) is 11.6 Å². The van der Waals surface area contributed by atoms with Crippen molar-refractivity contribution in [1.82, 2.24) is 4.90 Å². The molecule has 1 aliphatic heterocycles. The van der Waals surface area contributed by atoms with Gasteiger partial charge in [0, 0.05) is 23.7 Å². The van der Waals surface area contributed by atoms with Crippen molar-refractivity contribution < 1.29 is 18.4 Å². The van der Waals surface area contributed by atoms with E-state index in [0.717, 1.165) is 17.3 Å². The molecule has 1 fully saturated rings. The molecule has 0 aliphatic carbocycles. The Labute approximate surface area is 204 Å². The molecule has 0 radical (unpaired) electrons. The Bertz CT molecular complexity index is 1240. The quantitative estimate of drug-likeness (QED) is 0.465. The maximum absolute atomic E-state index is 14.3. The summed E-state index contributed by atoms with van der Waals surface area (Å²) >= 11 is 7.09. The molecule has 4 rings (SSSR count). The fourth-order valence-electron chi connectivity index (χ4n) is 3.39. The number of rotatable bonds is 6. The van der Waals surface area contributed by atoms with E-state index >= 15 is 0 Å². The monoisotopic (exact) mass is 499 g/mol. The van der Waals surface area contributed by atoms with E-state index in [1.165, 1.54) is 29.2 Å². The summed E-state index contributed by atoms with van der Waals surface area (Å²) < 4.78 is 27.5. The molecule has 1 heterocycles. The van der Waals surface area contributed by atoms with Crippen LogP contribution < -0.4 is 5.32 Å². The number of hydrogen-bond donors (Lipinski definition) is 1. The maximum Gasteiger partial charge on any atom is 0.238 e. The van der Waals surface area contributed by atoms with Crippen LogP contribution in [0.1, 0.15) is 12.0 Å². The summed E-state index contributed by atoms with van der Waals surface area (Å²) in [6, 6.07) is 18.7. The predicted octanol–water partition coefficient (Wildman–Crippen LogP) is 5.82. The van der Waals surface area contributed by atoms with Crippen LogP contribution in [0.15, 0.2) is 77.8 Å². The van der Waals surface area contributed by atoms with Crippen LogP contribution in [-0.2, 0) is 16.0 Å². The van der Waals surface area contributed by atoms with Crippen molar-refractivity contribution in [2.75, 3.05) is 11.9 Å². The Kier molecular flexibility index (Phi) is 7.59. The van der Waals surface area contributed by atoms with Gasteiger partial charge in [0.1, 0.15) is 22.6 Å². The number of nitrogens with one attached hydrogen (secondary N) is 1. The molecule has 0 unspecified atom stereocenters. The Hall–Kier alpha value is -3.23. The molecular formula is C25H20ClF2N3O2S. The number of para-hydroxylation sites is 1. The molecule has 1 saturated heterocycles. The van der Waals surface area contributed by atoms with E-state index in [4.69, 9.17) is 11.6 Å². The van der Waals surface area contributed by atoms with Crippen molar-refractivity contribution in [3.05, 3.63) is 95.0 Å². The van der Waals surface area contributed by atoms with Gasteiger partial charge in [-0.3, -0.25) is 14.5 Å². The number of carbonyl (C=O) groups excluding carboxylic acids is 2. The first kappa shape index (κ1) is 23.9. The molecule has 0 bridgehead atoms. The van der Waals surface area contributed by atoms with Crippen LogP contribution in [0.4, 0.5) is 20.2 Å². The van der Waals surface area contributed by atoms with Gasteiger partial charge in [-0.25, -0.2) is 13.8 Å². The third-order valence-corrected chi connectivity index (χ3v) is 6.55. The number of nitrogens with zero attached hydrogens (tertiary/aromatic N) is 2. The van der Waals surface area contributed by atoms with Crippen molar-refractivity contribution in [2.24, 2.45) is 4.99 Å². The number of thioether (sulfide) groups is 1. The number of halogens is 3. The molecule has 0 spiro atoms. The molecule has 3 aromatic rings. The lowest BCUT2D eigenvalue weighted by molar-refractivity contribution is -0.129. The molecule has 1 aliphatic rings. The third-order valence-electron chi connectivity index (χ3n) is 5.13. The van der Waals surface area contributed by atoms with Gasteiger partial charge in [-0.2, -0.15) is 0 Å². The van der Waals surface area contributed by atoms with E-state index in [-0.39, 0.29) is 41.5 Å². The van der Waals surface area contributed by atoms with E-state index in [2.05, 4.69) is 10.3 Å². The van der Waals surface area contributed by atoms with Gasteiger partial charge in [-0.1, -0.05) is 53.7 Å². The van der Waals surface area contributed by atoms with Crippen LogP contribution in [-0.4, -0.2) is 33.7 Å². The van der Waals surface area contributed by atoms with E-state index < -0.39 is 11.1 Å². The summed E-state index contributed by atoms with van der Waals surface area (Å²) in [4.78, 5) is 31.8. The van der Waals surface area contributed by atoms with E-state index in [1.807, 2.05) is 0 Å². The highest BCUT2D eigenvalue weighted by molar-refractivity contribution is 8.15. The molecule has 5 nitrogen and oxygen atoms in total. The largest absolute Gasteiger partial charge is 0.325 e. The highest BCUT2D eigenvalue weighted by atomic mass is 35.5. The minimum atomic E-state index is -0.751. The van der Waals surface area contributed by atoms with Gasteiger partial charge in [-0.15, -0.1) is 0 Å². The van der Waals surface area contributed by atoms with Crippen LogP contribution >= 0.6 is 23.4 Å². The smallest absolute Gasteiger partial charge is 0.238 e. The number of benzene rings is 3. The Balaban J connectivity index is 1.56. The molecule has 0 saturated carbocycles. The van der Waals surface area contributed by atoms with Crippen LogP contribution in [0.5, 0.6) is 0 Å². The van der Waals surface area contributed by atoms with E-state index in [9.17, 15) is 18.4 Å². The second-order valence-electron chi connectivity index (χ2n) is 7.58. The fourth-order valence-corrected chi connectivity index (χ4v) is 4.70. The van der Waals surface area contributed by atoms with Crippen LogP contribution in [0.2, 0.25) is 5.02 Å². The van der Waals surface area contributed by atoms with Gasteiger partial charge >= 0.3 is 0 Å². The number of anilines is 1. The highest BCUT2D eigenvalue weighted by Crippen LogP contribution is 2.31. The van der Waals surface area contributed by atoms with Gasteiger partial charge in [-0.05, 0) is 54.4 Å². The van der Waals surface area contributed by atoms with E-state index in [1.54, 1.807) is 48.5 Å². The highest BCUT2D eigenvalue weighted by Gasteiger charge is 2.36. The number of aliphatic imine (C=N–C) groups is 1. The zero-order valence-corrected chi connectivity index (χ0v) is 19.5. The molecule has 1 N–H and O–H groups in total. The Morgan fingerprint density at radius 1 is 1.09 bits per heavy atom. The van der Waals surface area contributed by atoms with Crippen molar-refractivity contribution in [3.63, 3.8) is 0 Å². The first-order valence-corrected chi connectivity index (χ1v) is 11.8. The summed E-state index contributed by atoms with van der Waals surface area (Å²) in [5.41, 5.74) is 1.42. The maximum atomic E-state index is 14.3. The summed E-state index contributed by atoms with van der Waals surface area (Å²) in [6.07, 6.45) is 0.402. The van der Waals surface area contributed by atoms with Crippen LogP contribution in [0.3, 0.4) is 0 Å². The minimum Gasteiger partial charge on any atom is -0.325 e. The van der Waals surface area contributed by atoms with Gasteiger partial charge in [0.05, 0.1) is 0 Å². The zero-order chi connectivity index (χ0) is 24.1. The van der Waals surface area contributed by atoms with Crippen molar-refractivity contribution in [1.29, 1.82) is 0 Å². The lowest BCUT2D eigenvalue weighted by Crippen LogP contribution is -2.46. The molecule has 0 aromatic heterocycles. The molecule has 3 aromatic carbocycles. The molecule has 34 heavy (non-hydrogen) atoms. The normalized spacial score (nSPS) is 17.1. The fraction of sp³-hybridized carbons (Fsp3) is 0.160. The number of hydrogen-bond acceptors (Lipinski definition) is 4. The lowest BCUT2D eigenvalue weighted by atomic mass is 10.1. The summed E-state index contributed by atoms with van der Waals surface area (Å²) in [7, 11) is 0. The van der Waals surface area contributed by atoms with E-state index in [0.29, 0.717) is 17.1 Å².